The molecule has 1 rings (SSSR count). The molecule has 1 aromatic carbocycles. The van der Waals surface area contributed by atoms with E-state index in [9.17, 15) is 13.2 Å². The fourth-order valence-corrected chi connectivity index (χ4v) is 1.97. The Morgan fingerprint density at radius 3 is 1.85 bits per heavy atom. The number of hydrogen-bond donors (Lipinski definition) is 0. The third kappa shape index (κ3) is 3.99. The highest BCUT2D eigenvalue weighted by molar-refractivity contribution is 9.11. The molecule has 0 amide bonds. The van der Waals surface area contributed by atoms with Crippen LogP contribution in [0.4, 0.5) is 13.2 Å². The zero-order chi connectivity index (χ0) is 10.1. The lowest BCUT2D eigenvalue weighted by Crippen LogP contribution is -2.17. The summed E-state index contributed by atoms with van der Waals surface area (Å²) in [6.45, 7) is 0. The summed E-state index contributed by atoms with van der Waals surface area (Å²) in [5.74, 6) is -0.256. The van der Waals surface area contributed by atoms with Crippen LogP contribution in [-0.4, -0.2) is 6.36 Å². The third-order valence-electron chi connectivity index (χ3n) is 1.07. The van der Waals surface area contributed by atoms with Crippen molar-refractivity contribution in [2.24, 2.45) is 0 Å². The van der Waals surface area contributed by atoms with E-state index in [4.69, 9.17) is 0 Å². The van der Waals surface area contributed by atoms with Gasteiger partial charge in [0.1, 0.15) is 5.75 Å². The quantitative estimate of drug-likeness (QED) is 0.757. The maximum atomic E-state index is 11.8. The number of benzene rings is 1. The predicted molar refractivity (Wildman–Crippen MR) is 48.5 cm³/mol. The highest BCUT2D eigenvalue weighted by atomic mass is 79.9. The Kier molecular flexibility index (Phi) is 3.23. The second-order valence-electron chi connectivity index (χ2n) is 2.15. The highest BCUT2D eigenvalue weighted by Gasteiger charge is 2.31. The minimum Gasteiger partial charge on any atom is -0.406 e. The van der Waals surface area contributed by atoms with Gasteiger partial charge in [0, 0.05) is 8.95 Å². The van der Waals surface area contributed by atoms with Crippen molar-refractivity contribution in [3.63, 3.8) is 0 Å². The zero-order valence-electron chi connectivity index (χ0n) is 6.03. The lowest BCUT2D eigenvalue weighted by molar-refractivity contribution is -0.274. The third-order valence-corrected chi connectivity index (χ3v) is 1.99. The van der Waals surface area contributed by atoms with E-state index < -0.39 is 6.36 Å². The fourth-order valence-electron chi connectivity index (χ4n) is 0.721. The van der Waals surface area contributed by atoms with Crippen molar-refractivity contribution in [2.75, 3.05) is 0 Å². The molecule has 1 nitrogen and oxygen atoms in total. The summed E-state index contributed by atoms with van der Waals surface area (Å²) < 4.78 is 40.0. The van der Waals surface area contributed by atoms with Crippen LogP contribution in [0, 0.1) is 0 Å². The van der Waals surface area contributed by atoms with Crippen LogP contribution in [0.3, 0.4) is 0 Å². The molecule has 0 aliphatic carbocycles. The average molecular weight is 320 g/mol. The SMILES string of the molecule is FC(F)(F)Oc1cc(Br)cc(Br)c1. The molecule has 0 aliphatic heterocycles. The van der Waals surface area contributed by atoms with Gasteiger partial charge < -0.3 is 4.74 Å². The molecule has 0 fully saturated rings. The molecule has 13 heavy (non-hydrogen) atoms. The number of halogens is 5. The predicted octanol–water partition coefficient (Wildman–Crippen LogP) is 4.11. The van der Waals surface area contributed by atoms with Gasteiger partial charge in [-0.1, -0.05) is 31.9 Å². The molecule has 0 N–H and O–H groups in total. The van der Waals surface area contributed by atoms with E-state index in [1.807, 2.05) is 0 Å². The second-order valence-corrected chi connectivity index (χ2v) is 3.98. The van der Waals surface area contributed by atoms with Crippen molar-refractivity contribution < 1.29 is 17.9 Å². The number of rotatable bonds is 1. The summed E-state index contributed by atoms with van der Waals surface area (Å²) >= 11 is 6.09. The van der Waals surface area contributed by atoms with Gasteiger partial charge in [0.05, 0.1) is 0 Å². The first-order valence-electron chi connectivity index (χ1n) is 3.09. The van der Waals surface area contributed by atoms with Crippen molar-refractivity contribution in [3.8, 4) is 5.75 Å². The van der Waals surface area contributed by atoms with Crippen molar-refractivity contribution in [1.29, 1.82) is 0 Å². The first kappa shape index (κ1) is 10.8. The van der Waals surface area contributed by atoms with Crippen molar-refractivity contribution in [3.05, 3.63) is 27.1 Å². The molecule has 0 bridgehead atoms. The van der Waals surface area contributed by atoms with E-state index >= 15 is 0 Å². The monoisotopic (exact) mass is 318 g/mol. The summed E-state index contributed by atoms with van der Waals surface area (Å²) in [6, 6.07) is 4.08. The standard InChI is InChI=1S/C7H3Br2F3O/c8-4-1-5(9)3-6(2-4)13-7(10,11)12/h1-3H. The average Bonchev–Trinajstić information content (AvgIpc) is 1.78. The smallest absolute Gasteiger partial charge is 0.406 e. The van der Waals surface area contributed by atoms with Gasteiger partial charge in [0.2, 0.25) is 0 Å². The molecule has 0 atom stereocenters. The molecule has 72 valence electrons. The van der Waals surface area contributed by atoms with Crippen LogP contribution < -0.4 is 4.74 Å². The van der Waals surface area contributed by atoms with Gasteiger partial charge in [-0.2, -0.15) is 0 Å². The van der Waals surface area contributed by atoms with Gasteiger partial charge in [-0.25, -0.2) is 0 Å². The molecule has 0 unspecified atom stereocenters. The van der Waals surface area contributed by atoms with Gasteiger partial charge in [0.25, 0.3) is 0 Å². The van der Waals surface area contributed by atoms with Gasteiger partial charge in [0.15, 0.2) is 0 Å². The van der Waals surface area contributed by atoms with Crippen LogP contribution in [0.1, 0.15) is 0 Å². The van der Waals surface area contributed by atoms with Gasteiger partial charge in [-0.05, 0) is 18.2 Å². The Balaban J connectivity index is 2.90. The molecular weight excluding hydrogens is 317 g/mol. The molecule has 0 radical (unpaired) electrons. The number of hydrogen-bond acceptors (Lipinski definition) is 1. The fraction of sp³-hybridized carbons (Fsp3) is 0.143. The molecule has 1 aromatic rings. The van der Waals surface area contributed by atoms with E-state index in [-0.39, 0.29) is 5.75 Å². The summed E-state index contributed by atoms with van der Waals surface area (Å²) in [4.78, 5) is 0. The van der Waals surface area contributed by atoms with Crippen molar-refractivity contribution >= 4 is 31.9 Å². The minimum atomic E-state index is -4.65. The largest absolute Gasteiger partial charge is 0.573 e. The van der Waals surface area contributed by atoms with E-state index in [0.29, 0.717) is 8.95 Å². The Morgan fingerprint density at radius 2 is 1.46 bits per heavy atom. The highest BCUT2D eigenvalue weighted by Crippen LogP contribution is 2.29. The lowest BCUT2D eigenvalue weighted by atomic mass is 10.3. The summed E-state index contributed by atoms with van der Waals surface area (Å²) in [5.41, 5.74) is 0. The second kappa shape index (κ2) is 3.88. The Hall–Kier alpha value is -0.230. The first-order valence-corrected chi connectivity index (χ1v) is 4.67. The summed E-state index contributed by atoms with van der Waals surface area (Å²) in [6.07, 6.45) is -4.65. The Morgan fingerprint density at radius 1 is 1.00 bits per heavy atom. The van der Waals surface area contributed by atoms with Crippen LogP contribution in [0.2, 0.25) is 0 Å². The van der Waals surface area contributed by atoms with Crippen molar-refractivity contribution in [2.45, 2.75) is 6.36 Å². The molecule has 0 saturated heterocycles. The van der Waals surface area contributed by atoms with Gasteiger partial charge >= 0.3 is 6.36 Å². The topological polar surface area (TPSA) is 9.23 Å². The number of alkyl halides is 3. The van der Waals surface area contributed by atoms with E-state index in [1.54, 1.807) is 6.07 Å². The molecule has 0 saturated carbocycles. The number of ether oxygens (including phenoxy) is 1. The zero-order valence-corrected chi connectivity index (χ0v) is 9.20. The van der Waals surface area contributed by atoms with Gasteiger partial charge in [-0.15, -0.1) is 13.2 Å². The summed E-state index contributed by atoms with van der Waals surface area (Å²) in [7, 11) is 0. The lowest BCUT2D eigenvalue weighted by Gasteiger charge is -2.09. The minimum absolute atomic E-state index is 0.256. The molecule has 6 heteroatoms. The normalized spacial score (nSPS) is 11.5. The van der Waals surface area contributed by atoms with Crippen LogP contribution in [0.25, 0.3) is 0 Å². The van der Waals surface area contributed by atoms with E-state index in [1.165, 1.54) is 12.1 Å². The van der Waals surface area contributed by atoms with E-state index in [0.717, 1.165) is 0 Å². The van der Waals surface area contributed by atoms with E-state index in [2.05, 4.69) is 36.6 Å². The molecular formula is C7H3Br2F3O. The van der Waals surface area contributed by atoms with Crippen molar-refractivity contribution in [1.82, 2.24) is 0 Å². The molecule has 0 heterocycles. The Bertz CT molecular complexity index is 291. The first-order chi connectivity index (χ1) is 5.87. The van der Waals surface area contributed by atoms with Crippen LogP contribution in [-0.2, 0) is 0 Å². The molecule has 0 aromatic heterocycles. The Labute approximate surface area is 89.1 Å². The van der Waals surface area contributed by atoms with Gasteiger partial charge in [-0.3, -0.25) is 0 Å². The molecule has 0 spiro atoms. The molecule has 0 aliphatic rings. The summed E-state index contributed by atoms with van der Waals surface area (Å²) in [5, 5.41) is 0. The maximum absolute atomic E-state index is 11.8. The van der Waals surface area contributed by atoms with Crippen LogP contribution >= 0.6 is 31.9 Å². The van der Waals surface area contributed by atoms with Crippen LogP contribution in [0.15, 0.2) is 27.1 Å². The maximum Gasteiger partial charge on any atom is 0.573 e. The van der Waals surface area contributed by atoms with Crippen LogP contribution in [0.5, 0.6) is 5.75 Å².